The minimum absolute atomic E-state index is 0.457. The number of aryl methyl sites for hydroxylation is 1. The van der Waals surface area contributed by atoms with Crippen LogP contribution in [0.4, 0.5) is 5.69 Å². The van der Waals surface area contributed by atoms with Gasteiger partial charge in [-0.3, -0.25) is 10.3 Å². The minimum Gasteiger partial charge on any atom is -0.494 e. The van der Waals surface area contributed by atoms with E-state index in [0.29, 0.717) is 24.1 Å². The highest BCUT2D eigenvalue weighted by atomic mass is 35.5. The lowest BCUT2D eigenvalue weighted by Crippen LogP contribution is -2.29. The number of benzene rings is 1. The molecule has 0 radical (unpaired) electrons. The maximum absolute atomic E-state index is 8.85. The maximum atomic E-state index is 8.85. The van der Waals surface area contributed by atoms with Gasteiger partial charge in [0.2, 0.25) is 5.96 Å². The highest BCUT2D eigenvalue weighted by molar-refractivity contribution is 6.30. The Morgan fingerprint density at radius 1 is 1.15 bits per heavy atom. The van der Waals surface area contributed by atoms with Gasteiger partial charge in [0.15, 0.2) is 18.6 Å². The molecule has 0 unspecified atom stereocenters. The van der Waals surface area contributed by atoms with E-state index in [1.165, 1.54) is 0 Å². The van der Waals surface area contributed by atoms with Crippen molar-refractivity contribution in [3.8, 4) is 11.9 Å². The molecule has 0 aliphatic heterocycles. The largest absolute Gasteiger partial charge is 0.494 e. The number of anilines is 1. The standard InChI is InChI=1S/C19H22ClN5O/c1-25-12-9-17(10-13-25)24-19(23-15-21)22-11-3-2-4-14-26-18-7-5-16(20)6-8-18/h5-10,12-13H,2-4,11,14H2,1H3,(H,22,23)/p+1. The first-order valence-electron chi connectivity index (χ1n) is 8.47. The van der Waals surface area contributed by atoms with E-state index >= 15 is 0 Å². The second kappa shape index (κ2) is 11.0. The molecule has 0 saturated heterocycles. The number of aliphatic imine (C=N–C) groups is 1. The van der Waals surface area contributed by atoms with Crippen LogP contribution in [0.25, 0.3) is 0 Å². The Balaban J connectivity index is 1.66. The van der Waals surface area contributed by atoms with Gasteiger partial charge in [-0.05, 0) is 43.5 Å². The molecule has 136 valence electrons. The van der Waals surface area contributed by atoms with Crippen molar-refractivity contribution in [2.24, 2.45) is 12.0 Å². The van der Waals surface area contributed by atoms with Crippen LogP contribution in [-0.2, 0) is 7.05 Å². The predicted molar refractivity (Wildman–Crippen MR) is 103 cm³/mol. The molecule has 6 nitrogen and oxygen atoms in total. The van der Waals surface area contributed by atoms with Gasteiger partial charge >= 0.3 is 0 Å². The molecule has 2 aromatic rings. The minimum atomic E-state index is 0.457. The van der Waals surface area contributed by atoms with Crippen molar-refractivity contribution in [2.75, 3.05) is 18.5 Å². The van der Waals surface area contributed by atoms with Crippen LogP contribution >= 0.6 is 11.6 Å². The van der Waals surface area contributed by atoms with Crippen LogP contribution in [0.3, 0.4) is 0 Å². The lowest BCUT2D eigenvalue weighted by atomic mass is 10.2. The molecule has 0 atom stereocenters. The van der Waals surface area contributed by atoms with Gasteiger partial charge in [-0.2, -0.15) is 5.26 Å². The molecule has 2 rings (SSSR count). The van der Waals surface area contributed by atoms with E-state index in [0.717, 1.165) is 30.7 Å². The van der Waals surface area contributed by atoms with Crippen LogP contribution in [0.5, 0.6) is 5.75 Å². The molecule has 0 aliphatic carbocycles. The van der Waals surface area contributed by atoms with Gasteiger partial charge in [0.1, 0.15) is 12.8 Å². The molecular formula is C19H23ClN5O+. The van der Waals surface area contributed by atoms with Gasteiger partial charge < -0.3 is 10.1 Å². The molecule has 2 N–H and O–H groups in total. The molecule has 0 bridgehead atoms. The summed E-state index contributed by atoms with van der Waals surface area (Å²) < 4.78 is 7.59. The lowest BCUT2D eigenvalue weighted by molar-refractivity contribution is -0.671. The first-order chi connectivity index (χ1) is 12.7. The van der Waals surface area contributed by atoms with Crippen molar-refractivity contribution < 1.29 is 9.30 Å². The molecule has 0 fully saturated rings. The van der Waals surface area contributed by atoms with Crippen LogP contribution in [0, 0.1) is 11.5 Å². The number of nitrogens with zero attached hydrogens (tertiary/aromatic N) is 3. The number of aromatic nitrogens is 1. The van der Waals surface area contributed by atoms with Crippen molar-refractivity contribution in [1.82, 2.24) is 5.32 Å². The lowest BCUT2D eigenvalue weighted by Gasteiger charge is -2.07. The van der Waals surface area contributed by atoms with Crippen LogP contribution in [-0.4, -0.2) is 19.1 Å². The van der Waals surface area contributed by atoms with Crippen molar-refractivity contribution in [1.29, 1.82) is 5.26 Å². The number of pyridine rings is 1. The van der Waals surface area contributed by atoms with Gasteiger partial charge in [-0.1, -0.05) is 11.6 Å². The third-order valence-electron chi connectivity index (χ3n) is 3.57. The SMILES string of the molecule is C[n+]1ccc(NC(=NCCCCCOc2ccc(Cl)cc2)NC#N)cc1. The summed E-state index contributed by atoms with van der Waals surface area (Å²) >= 11 is 5.84. The van der Waals surface area contributed by atoms with E-state index in [2.05, 4.69) is 15.6 Å². The number of ether oxygens (including phenoxy) is 1. The molecule has 26 heavy (non-hydrogen) atoms. The van der Waals surface area contributed by atoms with E-state index in [9.17, 15) is 0 Å². The Bertz CT molecular complexity index is 738. The number of guanidine groups is 1. The summed E-state index contributed by atoms with van der Waals surface area (Å²) in [5.74, 6) is 1.28. The quantitative estimate of drug-likeness (QED) is 0.186. The predicted octanol–water partition coefficient (Wildman–Crippen LogP) is 3.25. The van der Waals surface area contributed by atoms with E-state index in [1.54, 1.807) is 0 Å². The summed E-state index contributed by atoms with van der Waals surface area (Å²) in [4.78, 5) is 4.41. The van der Waals surface area contributed by atoms with Crippen LogP contribution in [0.2, 0.25) is 5.02 Å². The first kappa shape index (κ1) is 19.5. The normalized spacial score (nSPS) is 10.9. The highest BCUT2D eigenvalue weighted by Crippen LogP contribution is 2.15. The van der Waals surface area contributed by atoms with Crippen LogP contribution in [0.15, 0.2) is 53.8 Å². The Morgan fingerprint density at radius 3 is 2.58 bits per heavy atom. The Morgan fingerprint density at radius 2 is 1.88 bits per heavy atom. The van der Waals surface area contributed by atoms with Crippen molar-refractivity contribution >= 4 is 23.2 Å². The number of rotatable bonds is 8. The zero-order valence-electron chi connectivity index (χ0n) is 14.8. The number of hydrogen-bond acceptors (Lipinski definition) is 3. The highest BCUT2D eigenvalue weighted by Gasteiger charge is 2.01. The zero-order chi connectivity index (χ0) is 18.6. The smallest absolute Gasteiger partial charge is 0.209 e. The monoisotopic (exact) mass is 372 g/mol. The topological polar surface area (TPSA) is 73.3 Å². The van der Waals surface area contributed by atoms with Gasteiger partial charge in [-0.15, -0.1) is 0 Å². The molecule has 1 aromatic carbocycles. The average molecular weight is 373 g/mol. The fourth-order valence-corrected chi connectivity index (χ4v) is 2.31. The van der Waals surface area contributed by atoms with Gasteiger partial charge in [0.25, 0.3) is 0 Å². The summed E-state index contributed by atoms with van der Waals surface area (Å²) in [5.41, 5.74) is 0.876. The van der Waals surface area contributed by atoms with Gasteiger partial charge in [-0.25, -0.2) is 4.57 Å². The third-order valence-corrected chi connectivity index (χ3v) is 3.82. The first-order valence-corrected chi connectivity index (χ1v) is 8.85. The molecular weight excluding hydrogens is 350 g/mol. The van der Waals surface area contributed by atoms with Crippen molar-refractivity contribution in [3.63, 3.8) is 0 Å². The number of hydrogen-bond donors (Lipinski definition) is 2. The molecule has 0 saturated carbocycles. The fourth-order valence-electron chi connectivity index (χ4n) is 2.19. The zero-order valence-corrected chi connectivity index (χ0v) is 15.5. The second-order valence-electron chi connectivity index (χ2n) is 5.71. The summed E-state index contributed by atoms with van der Waals surface area (Å²) in [7, 11) is 1.95. The summed E-state index contributed by atoms with van der Waals surface area (Å²) in [6.07, 6.45) is 8.62. The van der Waals surface area contributed by atoms with Crippen LogP contribution in [0.1, 0.15) is 19.3 Å². The van der Waals surface area contributed by atoms with Crippen LogP contribution < -0.4 is 19.9 Å². The van der Waals surface area contributed by atoms with E-state index in [1.807, 2.05) is 66.6 Å². The van der Waals surface area contributed by atoms with Gasteiger partial charge in [0.05, 0.1) is 12.3 Å². The molecule has 0 amide bonds. The molecule has 0 aliphatic rings. The third kappa shape index (κ3) is 7.41. The van der Waals surface area contributed by atoms with E-state index < -0.39 is 0 Å². The number of halogens is 1. The van der Waals surface area contributed by atoms with Gasteiger partial charge in [0, 0.05) is 23.7 Å². The molecule has 0 spiro atoms. The summed E-state index contributed by atoms with van der Waals surface area (Å²) in [6.45, 7) is 1.30. The Labute approximate surface area is 159 Å². The molecule has 1 heterocycles. The Hall–Kier alpha value is -2.78. The summed E-state index contributed by atoms with van der Waals surface area (Å²) in [6, 6.07) is 11.2. The number of unbranched alkanes of at least 4 members (excludes halogenated alkanes) is 2. The molecule has 1 aromatic heterocycles. The fraction of sp³-hybridized carbons (Fsp3) is 0.316. The number of nitrogens with one attached hydrogen (secondary N) is 2. The van der Waals surface area contributed by atoms with E-state index in [-0.39, 0.29) is 0 Å². The number of nitriles is 1. The van der Waals surface area contributed by atoms with Crippen molar-refractivity contribution in [3.05, 3.63) is 53.8 Å². The van der Waals surface area contributed by atoms with E-state index in [4.69, 9.17) is 21.6 Å². The summed E-state index contributed by atoms with van der Waals surface area (Å²) in [5, 5.41) is 15.2. The van der Waals surface area contributed by atoms with Crippen molar-refractivity contribution in [2.45, 2.75) is 19.3 Å². The average Bonchev–Trinajstić information content (AvgIpc) is 2.64. The molecule has 7 heteroatoms. The Kier molecular flexibility index (Phi) is 8.24. The second-order valence-corrected chi connectivity index (χ2v) is 6.14. The maximum Gasteiger partial charge on any atom is 0.209 e.